The van der Waals surface area contributed by atoms with Crippen molar-refractivity contribution >= 4 is 10.9 Å². The van der Waals surface area contributed by atoms with Crippen molar-refractivity contribution in [3.05, 3.63) is 82.4 Å². The average Bonchev–Trinajstić information content (AvgIpc) is 2.50. The van der Waals surface area contributed by atoms with Crippen molar-refractivity contribution in [2.45, 2.75) is 19.4 Å². The Morgan fingerprint density at radius 2 is 1.76 bits per heavy atom. The molecule has 0 fully saturated rings. The molecule has 0 amide bonds. The summed E-state index contributed by atoms with van der Waals surface area (Å²) in [5, 5.41) is 0.728. The molecule has 106 valence electrons. The second-order valence-corrected chi connectivity index (χ2v) is 5.28. The molecule has 0 bridgehead atoms. The van der Waals surface area contributed by atoms with Gasteiger partial charge in [0.15, 0.2) is 5.43 Å². The Balaban J connectivity index is 1.98. The van der Waals surface area contributed by atoms with Crippen molar-refractivity contribution in [1.29, 1.82) is 0 Å². The van der Waals surface area contributed by atoms with Gasteiger partial charge in [-0.2, -0.15) is 0 Å². The van der Waals surface area contributed by atoms with Gasteiger partial charge in [-0.25, -0.2) is 4.39 Å². The van der Waals surface area contributed by atoms with Crippen LogP contribution >= 0.6 is 0 Å². The predicted octanol–water partition coefficient (Wildman–Crippen LogP) is 3.94. The lowest BCUT2D eigenvalue weighted by Gasteiger charge is -2.18. The zero-order chi connectivity index (χ0) is 14.8. The maximum Gasteiger partial charge on any atom is 0.189 e. The Morgan fingerprint density at radius 1 is 1.05 bits per heavy atom. The Kier molecular flexibility index (Phi) is 3.57. The first-order valence-electron chi connectivity index (χ1n) is 6.99. The Bertz CT molecular complexity index is 820. The summed E-state index contributed by atoms with van der Waals surface area (Å²) in [4.78, 5) is 11.9. The summed E-state index contributed by atoms with van der Waals surface area (Å²) >= 11 is 0. The van der Waals surface area contributed by atoms with Crippen LogP contribution in [-0.4, -0.2) is 4.57 Å². The highest BCUT2D eigenvalue weighted by atomic mass is 19.1. The minimum absolute atomic E-state index is 0.0378. The third-order valence-electron chi connectivity index (χ3n) is 3.75. The average molecular weight is 281 g/mol. The van der Waals surface area contributed by atoms with Crippen LogP contribution in [0.3, 0.4) is 0 Å². The number of para-hydroxylation sites is 1. The van der Waals surface area contributed by atoms with Crippen molar-refractivity contribution in [2.75, 3.05) is 0 Å². The Morgan fingerprint density at radius 3 is 2.52 bits per heavy atom. The van der Waals surface area contributed by atoms with Gasteiger partial charge in [0.2, 0.25) is 0 Å². The molecule has 0 saturated heterocycles. The van der Waals surface area contributed by atoms with Crippen LogP contribution in [-0.2, 0) is 6.42 Å². The summed E-state index contributed by atoms with van der Waals surface area (Å²) in [7, 11) is 0. The van der Waals surface area contributed by atoms with Crippen molar-refractivity contribution < 1.29 is 4.39 Å². The minimum atomic E-state index is -0.222. The summed E-state index contributed by atoms with van der Waals surface area (Å²) < 4.78 is 15.1. The standard InChI is InChI=1S/C18H16FNO/c1-13(12-14-6-8-15(19)9-7-14)20-11-10-18(21)16-4-2-3-5-17(16)20/h2-11,13H,12H2,1H3. The summed E-state index contributed by atoms with van der Waals surface area (Å²) in [6.45, 7) is 2.10. The first-order chi connectivity index (χ1) is 10.1. The van der Waals surface area contributed by atoms with Crippen LogP contribution in [0, 0.1) is 5.82 Å². The van der Waals surface area contributed by atoms with Gasteiger partial charge in [-0.3, -0.25) is 4.79 Å². The van der Waals surface area contributed by atoms with Crippen molar-refractivity contribution in [1.82, 2.24) is 4.57 Å². The van der Waals surface area contributed by atoms with Gasteiger partial charge in [0.05, 0.1) is 5.52 Å². The predicted molar refractivity (Wildman–Crippen MR) is 83.0 cm³/mol. The SMILES string of the molecule is CC(Cc1ccc(F)cc1)n1ccc(=O)c2ccccc21. The molecule has 1 atom stereocenters. The molecule has 3 rings (SSSR count). The van der Waals surface area contributed by atoms with E-state index in [9.17, 15) is 9.18 Å². The number of rotatable bonds is 3. The molecule has 3 heteroatoms. The fourth-order valence-corrected chi connectivity index (χ4v) is 2.67. The summed E-state index contributed by atoms with van der Waals surface area (Å²) in [5.41, 5.74) is 2.04. The zero-order valence-corrected chi connectivity index (χ0v) is 11.8. The molecular formula is C18H16FNO. The topological polar surface area (TPSA) is 22.0 Å². The lowest BCUT2D eigenvalue weighted by molar-refractivity contribution is 0.557. The molecule has 2 nitrogen and oxygen atoms in total. The normalized spacial score (nSPS) is 12.5. The van der Waals surface area contributed by atoms with Crippen LogP contribution in [0.5, 0.6) is 0 Å². The monoisotopic (exact) mass is 281 g/mol. The third-order valence-corrected chi connectivity index (χ3v) is 3.75. The van der Waals surface area contributed by atoms with Crippen LogP contribution in [0.2, 0.25) is 0 Å². The first-order valence-corrected chi connectivity index (χ1v) is 6.99. The zero-order valence-electron chi connectivity index (χ0n) is 11.8. The van der Waals surface area contributed by atoms with Gasteiger partial charge in [0.1, 0.15) is 5.82 Å². The largest absolute Gasteiger partial charge is 0.344 e. The summed E-state index contributed by atoms with van der Waals surface area (Å²) in [6.07, 6.45) is 2.62. The van der Waals surface area contributed by atoms with Crippen molar-refractivity contribution in [3.63, 3.8) is 0 Å². The second kappa shape index (κ2) is 5.52. The van der Waals surface area contributed by atoms with Crippen molar-refractivity contribution in [2.24, 2.45) is 0 Å². The van der Waals surface area contributed by atoms with Crippen molar-refractivity contribution in [3.8, 4) is 0 Å². The molecule has 0 radical (unpaired) electrons. The number of aromatic nitrogens is 1. The van der Waals surface area contributed by atoms with Gasteiger partial charge >= 0.3 is 0 Å². The number of fused-ring (bicyclic) bond motifs is 1. The van der Waals surface area contributed by atoms with Gasteiger partial charge in [-0.05, 0) is 43.2 Å². The van der Waals surface area contributed by atoms with E-state index in [1.165, 1.54) is 12.1 Å². The molecule has 0 aliphatic rings. The number of pyridine rings is 1. The van der Waals surface area contributed by atoms with E-state index in [1.807, 2.05) is 30.5 Å². The summed E-state index contributed by atoms with van der Waals surface area (Å²) in [6, 6.07) is 16.0. The minimum Gasteiger partial charge on any atom is -0.344 e. The fraction of sp³-hybridized carbons (Fsp3) is 0.167. The molecule has 0 aliphatic carbocycles. The molecule has 2 aromatic carbocycles. The highest BCUT2D eigenvalue weighted by molar-refractivity contribution is 5.78. The lowest BCUT2D eigenvalue weighted by Crippen LogP contribution is -2.13. The van der Waals surface area contributed by atoms with Crippen LogP contribution in [0.25, 0.3) is 10.9 Å². The van der Waals surface area contributed by atoms with Crippen LogP contribution < -0.4 is 5.43 Å². The van der Waals surface area contributed by atoms with Gasteiger partial charge in [-0.1, -0.05) is 24.3 Å². The van der Waals surface area contributed by atoms with E-state index in [1.54, 1.807) is 18.2 Å². The lowest BCUT2D eigenvalue weighted by atomic mass is 10.1. The maximum atomic E-state index is 13.0. The van der Waals surface area contributed by atoms with E-state index < -0.39 is 0 Å². The smallest absolute Gasteiger partial charge is 0.189 e. The highest BCUT2D eigenvalue weighted by Crippen LogP contribution is 2.19. The summed E-state index contributed by atoms with van der Waals surface area (Å²) in [5.74, 6) is -0.222. The molecule has 0 N–H and O–H groups in total. The number of hydrogen-bond donors (Lipinski definition) is 0. The van der Waals surface area contributed by atoms with E-state index >= 15 is 0 Å². The molecular weight excluding hydrogens is 265 g/mol. The highest BCUT2D eigenvalue weighted by Gasteiger charge is 2.09. The number of hydrogen-bond acceptors (Lipinski definition) is 1. The number of benzene rings is 2. The van der Waals surface area contributed by atoms with Gasteiger partial charge < -0.3 is 4.57 Å². The third kappa shape index (κ3) is 2.72. The van der Waals surface area contributed by atoms with E-state index in [4.69, 9.17) is 0 Å². The van der Waals surface area contributed by atoms with E-state index in [-0.39, 0.29) is 17.3 Å². The van der Waals surface area contributed by atoms with E-state index in [0.29, 0.717) is 0 Å². The van der Waals surface area contributed by atoms with Gasteiger partial charge in [0.25, 0.3) is 0 Å². The second-order valence-electron chi connectivity index (χ2n) is 5.28. The molecule has 0 spiro atoms. The van der Waals surface area contributed by atoms with E-state index in [0.717, 1.165) is 22.9 Å². The maximum absolute atomic E-state index is 13.0. The molecule has 3 aromatic rings. The van der Waals surface area contributed by atoms with Gasteiger partial charge in [0, 0.05) is 23.7 Å². The Hall–Kier alpha value is -2.42. The first kappa shape index (κ1) is 13.6. The van der Waals surface area contributed by atoms with Crippen LogP contribution in [0.15, 0.2) is 65.6 Å². The number of halogens is 1. The molecule has 21 heavy (non-hydrogen) atoms. The quantitative estimate of drug-likeness (QED) is 0.712. The molecule has 1 aromatic heterocycles. The molecule has 0 aliphatic heterocycles. The fourth-order valence-electron chi connectivity index (χ4n) is 2.67. The molecule has 0 saturated carbocycles. The van der Waals surface area contributed by atoms with E-state index in [2.05, 4.69) is 11.5 Å². The molecule has 1 unspecified atom stereocenters. The molecule has 1 heterocycles. The van der Waals surface area contributed by atoms with Crippen LogP contribution in [0.1, 0.15) is 18.5 Å². The Labute approximate surface area is 122 Å². The van der Waals surface area contributed by atoms with Crippen LogP contribution in [0.4, 0.5) is 4.39 Å². The number of nitrogens with zero attached hydrogens (tertiary/aromatic N) is 1. The van der Waals surface area contributed by atoms with Gasteiger partial charge in [-0.15, -0.1) is 0 Å².